The Morgan fingerprint density at radius 3 is 2.88 bits per heavy atom. The molecule has 0 aliphatic heterocycles. The van der Waals surface area contributed by atoms with Crippen molar-refractivity contribution >= 4 is 15.9 Å². The molecular formula is C13H16BrNO. The zero-order valence-electron chi connectivity index (χ0n) is 9.19. The summed E-state index contributed by atoms with van der Waals surface area (Å²) in [5, 5.41) is 10.7. The van der Waals surface area contributed by atoms with Gasteiger partial charge in [-0.05, 0) is 65.6 Å². The smallest absolute Gasteiger partial charge is 0.0733 e. The van der Waals surface area contributed by atoms with Crippen LogP contribution in [0.5, 0.6) is 0 Å². The number of halogens is 1. The van der Waals surface area contributed by atoms with Crippen LogP contribution in [0, 0.1) is 11.8 Å². The Balaban J connectivity index is 1.77. The maximum atomic E-state index is 10.7. The lowest BCUT2D eigenvalue weighted by molar-refractivity contribution is -0.0133. The molecule has 0 saturated heterocycles. The van der Waals surface area contributed by atoms with Crippen molar-refractivity contribution in [2.24, 2.45) is 11.8 Å². The van der Waals surface area contributed by atoms with E-state index in [4.69, 9.17) is 0 Å². The van der Waals surface area contributed by atoms with E-state index in [9.17, 15) is 5.11 Å². The van der Waals surface area contributed by atoms with Crippen LogP contribution in [0.2, 0.25) is 0 Å². The molecule has 2 aliphatic rings. The fourth-order valence-electron chi connectivity index (χ4n) is 3.46. The molecule has 3 rings (SSSR count). The Kier molecular flexibility index (Phi) is 2.55. The topological polar surface area (TPSA) is 33.1 Å². The van der Waals surface area contributed by atoms with Crippen molar-refractivity contribution < 1.29 is 5.11 Å². The van der Waals surface area contributed by atoms with Gasteiger partial charge in [0, 0.05) is 22.8 Å². The van der Waals surface area contributed by atoms with Gasteiger partial charge in [-0.3, -0.25) is 4.98 Å². The third-order valence-corrected chi connectivity index (χ3v) is 4.69. The highest BCUT2D eigenvalue weighted by atomic mass is 79.9. The van der Waals surface area contributed by atoms with Crippen molar-refractivity contribution in [1.29, 1.82) is 0 Å². The van der Waals surface area contributed by atoms with E-state index in [1.165, 1.54) is 19.3 Å². The molecule has 1 N–H and O–H groups in total. The minimum Gasteiger partial charge on any atom is -0.389 e. The van der Waals surface area contributed by atoms with Crippen molar-refractivity contribution in [3.05, 3.63) is 28.5 Å². The van der Waals surface area contributed by atoms with Gasteiger partial charge in [0.1, 0.15) is 0 Å². The van der Waals surface area contributed by atoms with Crippen molar-refractivity contribution in [3.63, 3.8) is 0 Å². The van der Waals surface area contributed by atoms with Gasteiger partial charge in [0.05, 0.1) is 5.60 Å². The number of nitrogens with zero attached hydrogens (tertiary/aromatic N) is 1. The first-order valence-corrected chi connectivity index (χ1v) is 6.78. The predicted octanol–water partition coefficient (Wildman–Crippen LogP) is 2.94. The maximum absolute atomic E-state index is 10.7. The normalized spacial score (nSPS) is 36.9. The molecule has 1 heterocycles. The molecule has 0 amide bonds. The first-order chi connectivity index (χ1) is 7.66. The molecule has 2 nitrogen and oxygen atoms in total. The molecule has 2 aliphatic carbocycles. The monoisotopic (exact) mass is 281 g/mol. The van der Waals surface area contributed by atoms with E-state index in [1.807, 2.05) is 18.3 Å². The second-order valence-electron chi connectivity index (χ2n) is 5.33. The first-order valence-electron chi connectivity index (χ1n) is 5.98. The van der Waals surface area contributed by atoms with Crippen LogP contribution in [0.4, 0.5) is 0 Å². The zero-order valence-corrected chi connectivity index (χ0v) is 10.8. The van der Waals surface area contributed by atoms with Gasteiger partial charge in [-0.25, -0.2) is 0 Å². The average Bonchev–Trinajstić information content (AvgIpc) is 2.81. The summed E-state index contributed by atoms with van der Waals surface area (Å²) in [5.41, 5.74) is 0.544. The molecule has 0 aromatic carbocycles. The van der Waals surface area contributed by atoms with E-state index in [0.717, 1.165) is 28.9 Å². The SMILES string of the molecule is OC1(Cc2ccc(Br)cn2)CC2CCC1C2. The Morgan fingerprint density at radius 1 is 1.44 bits per heavy atom. The van der Waals surface area contributed by atoms with Crippen LogP contribution in [-0.4, -0.2) is 15.7 Å². The van der Waals surface area contributed by atoms with Crippen molar-refractivity contribution in [2.45, 2.75) is 37.7 Å². The number of hydrogen-bond donors (Lipinski definition) is 1. The van der Waals surface area contributed by atoms with Gasteiger partial charge in [-0.15, -0.1) is 0 Å². The summed E-state index contributed by atoms with van der Waals surface area (Å²) in [6.07, 6.45) is 7.27. The number of hydrogen-bond acceptors (Lipinski definition) is 2. The maximum Gasteiger partial charge on any atom is 0.0733 e. The fourth-order valence-corrected chi connectivity index (χ4v) is 3.69. The summed E-state index contributed by atoms with van der Waals surface area (Å²) in [6, 6.07) is 4.01. The number of aliphatic hydroxyl groups is 1. The molecule has 86 valence electrons. The average molecular weight is 282 g/mol. The largest absolute Gasteiger partial charge is 0.389 e. The Bertz CT molecular complexity index is 391. The standard InChI is InChI=1S/C13H16BrNO/c14-11-3-4-12(15-8-11)7-13(16)6-9-1-2-10(13)5-9/h3-4,8-10,16H,1-2,5-7H2. The van der Waals surface area contributed by atoms with Crippen LogP contribution in [-0.2, 0) is 6.42 Å². The van der Waals surface area contributed by atoms with Crippen LogP contribution < -0.4 is 0 Å². The van der Waals surface area contributed by atoms with Crippen LogP contribution in [0.25, 0.3) is 0 Å². The summed E-state index contributed by atoms with van der Waals surface area (Å²) in [7, 11) is 0. The highest BCUT2D eigenvalue weighted by Gasteiger charge is 2.49. The molecule has 16 heavy (non-hydrogen) atoms. The molecule has 1 aromatic rings. The minimum absolute atomic E-state index is 0.469. The summed E-state index contributed by atoms with van der Waals surface area (Å²) >= 11 is 3.38. The Hall–Kier alpha value is -0.410. The van der Waals surface area contributed by atoms with Gasteiger partial charge >= 0.3 is 0 Å². The van der Waals surface area contributed by atoms with Crippen LogP contribution >= 0.6 is 15.9 Å². The molecule has 3 atom stereocenters. The summed E-state index contributed by atoms with van der Waals surface area (Å²) in [4.78, 5) is 4.36. The number of fused-ring (bicyclic) bond motifs is 2. The van der Waals surface area contributed by atoms with Crippen molar-refractivity contribution in [2.75, 3.05) is 0 Å². The zero-order chi connectivity index (χ0) is 11.2. The lowest BCUT2D eigenvalue weighted by Gasteiger charge is -2.32. The molecule has 1 aromatic heterocycles. The van der Waals surface area contributed by atoms with Crippen LogP contribution in [0.3, 0.4) is 0 Å². The molecular weight excluding hydrogens is 266 g/mol. The van der Waals surface area contributed by atoms with E-state index >= 15 is 0 Å². The molecule has 0 spiro atoms. The van der Waals surface area contributed by atoms with E-state index in [-0.39, 0.29) is 0 Å². The van der Waals surface area contributed by atoms with E-state index < -0.39 is 5.60 Å². The third-order valence-electron chi connectivity index (χ3n) is 4.22. The molecule has 3 heteroatoms. The van der Waals surface area contributed by atoms with E-state index in [0.29, 0.717) is 5.92 Å². The second kappa shape index (κ2) is 3.81. The van der Waals surface area contributed by atoms with Gasteiger partial charge < -0.3 is 5.11 Å². The Labute approximate surface area is 104 Å². The first kappa shape index (κ1) is 10.7. The number of aromatic nitrogens is 1. The van der Waals surface area contributed by atoms with Gasteiger partial charge in [0.2, 0.25) is 0 Å². The molecule has 2 bridgehead atoms. The van der Waals surface area contributed by atoms with Crippen molar-refractivity contribution in [1.82, 2.24) is 4.98 Å². The number of rotatable bonds is 2. The Morgan fingerprint density at radius 2 is 2.31 bits per heavy atom. The lowest BCUT2D eigenvalue weighted by Crippen LogP contribution is -2.37. The summed E-state index contributed by atoms with van der Waals surface area (Å²) in [5.74, 6) is 1.29. The quantitative estimate of drug-likeness (QED) is 0.904. The summed E-state index contributed by atoms with van der Waals surface area (Å²) < 4.78 is 0.996. The fraction of sp³-hybridized carbons (Fsp3) is 0.615. The van der Waals surface area contributed by atoms with Crippen LogP contribution in [0.15, 0.2) is 22.8 Å². The number of pyridine rings is 1. The van der Waals surface area contributed by atoms with E-state index in [2.05, 4.69) is 20.9 Å². The molecule has 2 saturated carbocycles. The lowest BCUT2D eigenvalue weighted by atomic mass is 9.81. The van der Waals surface area contributed by atoms with Gasteiger partial charge in [0.15, 0.2) is 0 Å². The van der Waals surface area contributed by atoms with Gasteiger partial charge in [0.25, 0.3) is 0 Å². The molecule has 3 unspecified atom stereocenters. The second-order valence-corrected chi connectivity index (χ2v) is 6.24. The van der Waals surface area contributed by atoms with Crippen molar-refractivity contribution in [3.8, 4) is 0 Å². The predicted molar refractivity (Wildman–Crippen MR) is 66.0 cm³/mol. The van der Waals surface area contributed by atoms with E-state index in [1.54, 1.807) is 0 Å². The van der Waals surface area contributed by atoms with Gasteiger partial charge in [-0.2, -0.15) is 0 Å². The molecule has 2 fully saturated rings. The highest BCUT2D eigenvalue weighted by Crippen LogP contribution is 2.51. The summed E-state index contributed by atoms with van der Waals surface area (Å²) in [6.45, 7) is 0. The third kappa shape index (κ3) is 1.80. The highest BCUT2D eigenvalue weighted by molar-refractivity contribution is 9.10. The van der Waals surface area contributed by atoms with Crippen LogP contribution in [0.1, 0.15) is 31.4 Å². The molecule has 0 radical (unpaired) electrons. The minimum atomic E-state index is -0.469. The van der Waals surface area contributed by atoms with Gasteiger partial charge in [-0.1, -0.05) is 0 Å².